The molecule has 0 spiro atoms. The minimum Gasteiger partial charge on any atom is -0.496 e. The van der Waals surface area contributed by atoms with E-state index in [4.69, 9.17) is 14.3 Å². The van der Waals surface area contributed by atoms with Gasteiger partial charge in [0.25, 0.3) is 10.0 Å². The third-order valence-corrected chi connectivity index (χ3v) is 4.67. The molecule has 1 aliphatic rings. The van der Waals surface area contributed by atoms with Crippen molar-refractivity contribution in [2.75, 3.05) is 46.6 Å². The van der Waals surface area contributed by atoms with Gasteiger partial charge < -0.3 is 9.47 Å². The van der Waals surface area contributed by atoms with Crippen LogP contribution in [0, 0.1) is 6.92 Å². The Balaban J connectivity index is 1.84. The predicted molar refractivity (Wildman–Crippen MR) is 81.3 cm³/mol. The van der Waals surface area contributed by atoms with Gasteiger partial charge in [-0.1, -0.05) is 4.89 Å². The Bertz CT molecular complexity index is 585. The zero-order valence-corrected chi connectivity index (χ0v) is 13.7. The zero-order chi connectivity index (χ0) is 16.0. The van der Waals surface area contributed by atoms with Gasteiger partial charge in [0.05, 0.1) is 31.8 Å². The van der Waals surface area contributed by atoms with Gasteiger partial charge in [-0.25, -0.2) is 8.42 Å². The van der Waals surface area contributed by atoms with E-state index in [9.17, 15) is 8.42 Å². The first-order valence-electron chi connectivity index (χ1n) is 7.11. The lowest BCUT2D eigenvalue weighted by molar-refractivity contribution is 0.0125. The molecule has 0 radical (unpaired) electrons. The van der Waals surface area contributed by atoms with Gasteiger partial charge in [0, 0.05) is 19.6 Å². The number of nitrogens with zero attached hydrogens (tertiary/aromatic N) is 1. The zero-order valence-electron chi connectivity index (χ0n) is 12.9. The Labute approximate surface area is 131 Å². The molecular weight excluding hydrogens is 308 g/mol. The van der Waals surface area contributed by atoms with Crippen LogP contribution >= 0.6 is 0 Å². The second kappa shape index (κ2) is 7.89. The molecular formula is C14H22N2O5S. The number of hydrogen-bond donors (Lipinski definition) is 1. The van der Waals surface area contributed by atoms with Crippen molar-refractivity contribution in [3.05, 3.63) is 23.8 Å². The number of rotatable bonds is 7. The molecule has 0 aromatic heterocycles. The van der Waals surface area contributed by atoms with Crippen molar-refractivity contribution in [3.63, 3.8) is 0 Å². The summed E-state index contributed by atoms with van der Waals surface area (Å²) in [6.45, 7) is 5.83. The van der Waals surface area contributed by atoms with Gasteiger partial charge in [0.1, 0.15) is 5.75 Å². The van der Waals surface area contributed by atoms with Gasteiger partial charge in [0.2, 0.25) is 0 Å². The number of ether oxygens (including phenoxy) is 2. The first kappa shape index (κ1) is 17.2. The van der Waals surface area contributed by atoms with Crippen LogP contribution in [0.15, 0.2) is 23.1 Å². The number of sulfonamides is 1. The Kier molecular flexibility index (Phi) is 6.16. The van der Waals surface area contributed by atoms with Crippen molar-refractivity contribution < 1.29 is 22.7 Å². The number of methoxy groups -OCH3 is 1. The van der Waals surface area contributed by atoms with Crippen LogP contribution in [0.5, 0.6) is 5.75 Å². The molecule has 0 saturated carbocycles. The van der Waals surface area contributed by atoms with Gasteiger partial charge in [-0.3, -0.25) is 9.74 Å². The number of hydrogen-bond acceptors (Lipinski definition) is 6. The summed E-state index contributed by atoms with van der Waals surface area (Å²) in [7, 11) is -2.14. The Hall–Kier alpha value is -1.19. The van der Waals surface area contributed by atoms with Crippen LogP contribution < -0.4 is 9.62 Å². The highest BCUT2D eigenvalue weighted by Crippen LogP contribution is 2.21. The summed E-state index contributed by atoms with van der Waals surface area (Å²) in [6, 6.07) is 4.66. The number of aryl methyl sites for hydroxylation is 1. The fourth-order valence-corrected chi connectivity index (χ4v) is 3.10. The third kappa shape index (κ3) is 4.65. The quantitative estimate of drug-likeness (QED) is 0.581. The molecule has 7 nitrogen and oxygen atoms in total. The number of nitrogens with one attached hydrogen (secondary N) is 1. The topological polar surface area (TPSA) is 77.1 Å². The fraction of sp³-hybridized carbons (Fsp3) is 0.571. The molecule has 2 rings (SSSR count). The molecule has 1 aliphatic heterocycles. The highest BCUT2D eigenvalue weighted by molar-refractivity contribution is 7.89. The minimum absolute atomic E-state index is 0.150. The van der Waals surface area contributed by atoms with Crippen LogP contribution in [-0.4, -0.2) is 59.9 Å². The lowest BCUT2D eigenvalue weighted by Crippen LogP contribution is -2.39. The number of morpholine rings is 1. The van der Waals surface area contributed by atoms with E-state index in [-0.39, 0.29) is 11.5 Å². The molecule has 0 atom stereocenters. The summed E-state index contributed by atoms with van der Waals surface area (Å²) in [6.07, 6.45) is 0. The van der Waals surface area contributed by atoms with Gasteiger partial charge in [-0.2, -0.15) is 0 Å². The molecule has 0 bridgehead atoms. The van der Waals surface area contributed by atoms with E-state index in [2.05, 4.69) is 9.79 Å². The largest absolute Gasteiger partial charge is 0.496 e. The van der Waals surface area contributed by atoms with Crippen LogP contribution in [0.4, 0.5) is 0 Å². The maximum atomic E-state index is 12.1. The van der Waals surface area contributed by atoms with Crippen molar-refractivity contribution in [1.82, 2.24) is 9.79 Å². The molecule has 1 aromatic carbocycles. The molecule has 1 heterocycles. The van der Waals surface area contributed by atoms with Crippen LogP contribution in [0.2, 0.25) is 0 Å². The first-order valence-corrected chi connectivity index (χ1v) is 8.59. The van der Waals surface area contributed by atoms with Crippen molar-refractivity contribution in [1.29, 1.82) is 0 Å². The Morgan fingerprint density at radius 1 is 1.32 bits per heavy atom. The first-order chi connectivity index (χ1) is 10.5. The Morgan fingerprint density at radius 2 is 2.05 bits per heavy atom. The second-order valence-corrected chi connectivity index (χ2v) is 6.67. The maximum absolute atomic E-state index is 12.1. The molecule has 124 valence electrons. The van der Waals surface area contributed by atoms with Gasteiger partial charge in [0.15, 0.2) is 0 Å². The van der Waals surface area contributed by atoms with Crippen molar-refractivity contribution in [2.45, 2.75) is 11.8 Å². The van der Waals surface area contributed by atoms with Gasteiger partial charge >= 0.3 is 0 Å². The predicted octanol–water partition coefficient (Wildman–Crippen LogP) is 0.546. The average Bonchev–Trinajstić information content (AvgIpc) is 2.52. The lowest BCUT2D eigenvalue weighted by atomic mass is 10.2. The van der Waals surface area contributed by atoms with Gasteiger partial charge in [-0.05, 0) is 30.7 Å². The minimum atomic E-state index is -3.68. The molecule has 0 unspecified atom stereocenters. The monoisotopic (exact) mass is 330 g/mol. The summed E-state index contributed by atoms with van der Waals surface area (Å²) < 4.78 is 34.6. The maximum Gasteiger partial charge on any atom is 0.262 e. The van der Waals surface area contributed by atoms with E-state index in [0.29, 0.717) is 25.5 Å². The molecule has 1 aromatic rings. The van der Waals surface area contributed by atoms with E-state index in [1.165, 1.54) is 6.07 Å². The van der Waals surface area contributed by atoms with E-state index in [0.717, 1.165) is 18.7 Å². The fourth-order valence-electron chi connectivity index (χ4n) is 2.18. The van der Waals surface area contributed by atoms with E-state index in [1.54, 1.807) is 26.2 Å². The second-order valence-electron chi connectivity index (χ2n) is 5.02. The van der Waals surface area contributed by atoms with Crippen LogP contribution in [0.25, 0.3) is 0 Å². The van der Waals surface area contributed by atoms with Crippen LogP contribution in [0.3, 0.4) is 0 Å². The number of benzene rings is 1. The van der Waals surface area contributed by atoms with E-state index < -0.39 is 10.0 Å². The summed E-state index contributed by atoms with van der Waals surface area (Å²) in [5, 5.41) is 0. The molecule has 1 N–H and O–H groups in total. The molecule has 8 heteroatoms. The van der Waals surface area contributed by atoms with Crippen molar-refractivity contribution >= 4 is 10.0 Å². The van der Waals surface area contributed by atoms with Crippen LogP contribution in [0.1, 0.15) is 5.56 Å². The SMILES string of the molecule is COc1ccc(S(=O)(=O)NOCCN2CCOCC2)cc1C. The smallest absolute Gasteiger partial charge is 0.262 e. The molecule has 1 saturated heterocycles. The lowest BCUT2D eigenvalue weighted by Gasteiger charge is -2.26. The van der Waals surface area contributed by atoms with Gasteiger partial charge in [-0.15, -0.1) is 0 Å². The Morgan fingerprint density at radius 3 is 2.68 bits per heavy atom. The molecule has 0 amide bonds. The third-order valence-electron chi connectivity index (χ3n) is 3.46. The molecule has 0 aliphatic carbocycles. The van der Waals surface area contributed by atoms with Crippen molar-refractivity contribution in [2.24, 2.45) is 0 Å². The average molecular weight is 330 g/mol. The van der Waals surface area contributed by atoms with E-state index >= 15 is 0 Å². The molecule has 1 fully saturated rings. The highest BCUT2D eigenvalue weighted by Gasteiger charge is 2.16. The standard InChI is InChI=1S/C14H22N2O5S/c1-12-11-13(3-4-14(12)19-2)22(17,18)15-21-10-7-16-5-8-20-9-6-16/h3-4,11,15H,5-10H2,1-2H3. The summed E-state index contributed by atoms with van der Waals surface area (Å²) in [5.74, 6) is 0.646. The summed E-state index contributed by atoms with van der Waals surface area (Å²) in [5.41, 5.74) is 0.749. The van der Waals surface area contributed by atoms with E-state index in [1.807, 2.05) is 0 Å². The summed E-state index contributed by atoms with van der Waals surface area (Å²) in [4.78, 5) is 9.57. The van der Waals surface area contributed by atoms with Crippen LogP contribution in [-0.2, 0) is 19.6 Å². The molecule has 22 heavy (non-hydrogen) atoms. The normalized spacial score (nSPS) is 16.6. The highest BCUT2D eigenvalue weighted by atomic mass is 32.2. The van der Waals surface area contributed by atoms with Crippen molar-refractivity contribution in [3.8, 4) is 5.75 Å². The summed E-state index contributed by atoms with van der Waals surface area (Å²) >= 11 is 0.